The lowest BCUT2D eigenvalue weighted by molar-refractivity contribution is -0.123. The Morgan fingerprint density at radius 3 is 2.48 bits per heavy atom. The maximum absolute atomic E-state index is 12.1. The third kappa shape index (κ3) is 4.82. The van der Waals surface area contributed by atoms with Crippen LogP contribution in [0.1, 0.15) is 17.3 Å². The molecule has 0 aliphatic carbocycles. The van der Waals surface area contributed by atoms with Gasteiger partial charge in [0, 0.05) is 16.2 Å². The van der Waals surface area contributed by atoms with Crippen molar-refractivity contribution in [3.63, 3.8) is 0 Å². The minimum atomic E-state index is -0.919. The van der Waals surface area contributed by atoms with Gasteiger partial charge in [0.25, 0.3) is 5.91 Å². The number of ether oxygens (including phenoxy) is 2. The monoisotopic (exact) mass is 377 g/mol. The Morgan fingerprint density at radius 2 is 1.83 bits per heavy atom. The van der Waals surface area contributed by atoms with Crippen LogP contribution in [0.2, 0.25) is 0 Å². The van der Waals surface area contributed by atoms with Crippen molar-refractivity contribution in [3.8, 4) is 5.75 Å². The number of esters is 1. The SMILES string of the molecule is COc1cccc(NC(=O)[C@@H](C)OC(=O)c2ccc(Br)cc2)c1. The van der Waals surface area contributed by atoms with Gasteiger partial charge in [-0.2, -0.15) is 0 Å². The second-order valence-corrected chi connectivity index (χ2v) is 5.69. The number of rotatable bonds is 5. The third-order valence-corrected chi connectivity index (χ3v) is 3.60. The zero-order valence-corrected chi connectivity index (χ0v) is 14.3. The van der Waals surface area contributed by atoms with Crippen molar-refractivity contribution < 1.29 is 19.1 Å². The number of anilines is 1. The zero-order chi connectivity index (χ0) is 16.8. The van der Waals surface area contributed by atoms with Gasteiger partial charge in [0.15, 0.2) is 6.10 Å². The molecule has 0 aliphatic heterocycles. The second-order valence-electron chi connectivity index (χ2n) is 4.78. The number of carbonyl (C=O) groups excluding carboxylic acids is 2. The molecule has 0 fully saturated rings. The normalized spacial score (nSPS) is 11.4. The molecule has 6 heteroatoms. The molecule has 0 spiro atoms. The lowest BCUT2D eigenvalue weighted by Gasteiger charge is -2.14. The van der Waals surface area contributed by atoms with Crippen LogP contribution in [0, 0.1) is 0 Å². The first-order valence-electron chi connectivity index (χ1n) is 6.91. The smallest absolute Gasteiger partial charge is 0.338 e. The Labute approximate surface area is 142 Å². The molecule has 2 aromatic carbocycles. The highest BCUT2D eigenvalue weighted by molar-refractivity contribution is 9.10. The van der Waals surface area contributed by atoms with Crippen LogP contribution >= 0.6 is 15.9 Å². The number of methoxy groups -OCH3 is 1. The average molecular weight is 378 g/mol. The summed E-state index contributed by atoms with van der Waals surface area (Å²) in [6.45, 7) is 1.52. The quantitative estimate of drug-likeness (QED) is 0.807. The number of carbonyl (C=O) groups is 2. The predicted octanol–water partition coefficient (Wildman–Crippen LogP) is 3.64. The summed E-state index contributed by atoms with van der Waals surface area (Å²) >= 11 is 3.29. The van der Waals surface area contributed by atoms with Crippen molar-refractivity contribution >= 4 is 33.5 Å². The molecule has 23 heavy (non-hydrogen) atoms. The number of halogens is 1. The van der Waals surface area contributed by atoms with Gasteiger partial charge in [0.05, 0.1) is 12.7 Å². The third-order valence-electron chi connectivity index (χ3n) is 3.07. The molecule has 0 aromatic heterocycles. The highest BCUT2D eigenvalue weighted by Crippen LogP contribution is 2.17. The molecule has 0 unspecified atom stereocenters. The maximum atomic E-state index is 12.1. The summed E-state index contributed by atoms with van der Waals surface area (Å²) in [4.78, 5) is 24.1. The van der Waals surface area contributed by atoms with Crippen molar-refractivity contribution in [1.29, 1.82) is 0 Å². The molecule has 1 amide bonds. The van der Waals surface area contributed by atoms with Gasteiger partial charge in [-0.25, -0.2) is 4.79 Å². The number of hydrogen-bond donors (Lipinski definition) is 1. The molecular formula is C17H16BrNO4. The molecule has 0 radical (unpaired) electrons. The summed E-state index contributed by atoms with van der Waals surface area (Å²) in [5, 5.41) is 2.68. The Kier molecular flexibility index (Phi) is 5.76. The van der Waals surface area contributed by atoms with E-state index < -0.39 is 18.0 Å². The first-order valence-corrected chi connectivity index (χ1v) is 7.70. The first kappa shape index (κ1) is 17.0. The lowest BCUT2D eigenvalue weighted by Crippen LogP contribution is -2.30. The van der Waals surface area contributed by atoms with Crippen LogP contribution in [-0.2, 0) is 9.53 Å². The van der Waals surface area contributed by atoms with Crippen LogP contribution in [0.4, 0.5) is 5.69 Å². The molecular weight excluding hydrogens is 362 g/mol. The summed E-state index contributed by atoms with van der Waals surface area (Å²) in [5.41, 5.74) is 0.954. The number of amides is 1. The average Bonchev–Trinajstić information content (AvgIpc) is 2.55. The largest absolute Gasteiger partial charge is 0.497 e. The highest BCUT2D eigenvalue weighted by Gasteiger charge is 2.19. The Bertz CT molecular complexity index is 700. The first-order chi connectivity index (χ1) is 11.0. The maximum Gasteiger partial charge on any atom is 0.338 e. The van der Waals surface area contributed by atoms with Crippen molar-refractivity contribution in [3.05, 3.63) is 58.6 Å². The minimum Gasteiger partial charge on any atom is -0.497 e. The van der Waals surface area contributed by atoms with E-state index in [2.05, 4.69) is 21.2 Å². The predicted molar refractivity (Wildman–Crippen MR) is 90.6 cm³/mol. The minimum absolute atomic E-state index is 0.384. The molecule has 0 heterocycles. The molecule has 2 rings (SSSR count). The van der Waals surface area contributed by atoms with Gasteiger partial charge in [-0.05, 0) is 43.3 Å². The number of hydrogen-bond acceptors (Lipinski definition) is 4. The van der Waals surface area contributed by atoms with Crippen molar-refractivity contribution in [1.82, 2.24) is 0 Å². The fraction of sp³-hybridized carbons (Fsp3) is 0.176. The van der Waals surface area contributed by atoms with E-state index in [1.165, 1.54) is 6.92 Å². The standard InChI is InChI=1S/C17H16BrNO4/c1-11(23-17(21)12-6-8-13(18)9-7-12)16(20)19-14-4-3-5-15(10-14)22-2/h3-11H,1-2H3,(H,19,20)/t11-/m1/s1. The molecule has 0 saturated carbocycles. The van der Waals surface area contributed by atoms with Gasteiger partial charge in [-0.3, -0.25) is 4.79 Å². The highest BCUT2D eigenvalue weighted by atomic mass is 79.9. The van der Waals surface area contributed by atoms with Crippen LogP contribution in [0.5, 0.6) is 5.75 Å². The lowest BCUT2D eigenvalue weighted by atomic mass is 10.2. The van der Waals surface area contributed by atoms with Crippen LogP contribution in [0.15, 0.2) is 53.0 Å². The van der Waals surface area contributed by atoms with Crippen LogP contribution in [-0.4, -0.2) is 25.1 Å². The molecule has 0 aliphatic rings. The van der Waals surface area contributed by atoms with Gasteiger partial charge in [-0.1, -0.05) is 22.0 Å². The second kappa shape index (κ2) is 7.78. The van der Waals surface area contributed by atoms with E-state index in [-0.39, 0.29) is 0 Å². The van der Waals surface area contributed by atoms with Gasteiger partial charge >= 0.3 is 5.97 Å². The van der Waals surface area contributed by atoms with Crippen LogP contribution in [0.25, 0.3) is 0 Å². The molecule has 5 nitrogen and oxygen atoms in total. The fourth-order valence-electron chi connectivity index (χ4n) is 1.81. The van der Waals surface area contributed by atoms with Gasteiger partial charge in [-0.15, -0.1) is 0 Å². The fourth-order valence-corrected chi connectivity index (χ4v) is 2.08. The van der Waals surface area contributed by atoms with Gasteiger partial charge in [0.1, 0.15) is 5.75 Å². The summed E-state index contributed by atoms with van der Waals surface area (Å²) in [6.07, 6.45) is -0.919. The Morgan fingerprint density at radius 1 is 1.13 bits per heavy atom. The summed E-state index contributed by atoms with van der Waals surface area (Å²) in [5.74, 6) is -0.336. The van der Waals surface area contributed by atoms with E-state index in [4.69, 9.17) is 9.47 Å². The molecule has 0 saturated heterocycles. The summed E-state index contributed by atoms with van der Waals surface area (Å²) < 4.78 is 11.1. The van der Waals surface area contributed by atoms with Crippen molar-refractivity contribution in [2.45, 2.75) is 13.0 Å². The number of nitrogens with one attached hydrogen (secondary N) is 1. The van der Waals surface area contributed by atoms with E-state index in [0.29, 0.717) is 17.0 Å². The van der Waals surface area contributed by atoms with E-state index in [1.54, 1.807) is 55.6 Å². The van der Waals surface area contributed by atoms with E-state index in [9.17, 15) is 9.59 Å². The van der Waals surface area contributed by atoms with Crippen molar-refractivity contribution in [2.24, 2.45) is 0 Å². The Hall–Kier alpha value is -2.34. The molecule has 0 bridgehead atoms. The van der Waals surface area contributed by atoms with E-state index >= 15 is 0 Å². The Balaban J connectivity index is 1.96. The molecule has 1 atom stereocenters. The molecule has 1 N–H and O–H groups in total. The zero-order valence-electron chi connectivity index (χ0n) is 12.7. The van der Waals surface area contributed by atoms with Crippen LogP contribution < -0.4 is 10.1 Å². The topological polar surface area (TPSA) is 64.6 Å². The van der Waals surface area contributed by atoms with Crippen LogP contribution in [0.3, 0.4) is 0 Å². The summed E-state index contributed by atoms with van der Waals surface area (Å²) in [7, 11) is 1.55. The van der Waals surface area contributed by atoms with Gasteiger partial charge < -0.3 is 14.8 Å². The molecule has 2 aromatic rings. The van der Waals surface area contributed by atoms with E-state index in [1.807, 2.05) is 0 Å². The van der Waals surface area contributed by atoms with Crippen molar-refractivity contribution in [2.75, 3.05) is 12.4 Å². The molecule has 120 valence electrons. The van der Waals surface area contributed by atoms with Gasteiger partial charge in [0.2, 0.25) is 0 Å². The van der Waals surface area contributed by atoms with E-state index in [0.717, 1.165) is 4.47 Å². The number of benzene rings is 2. The summed E-state index contributed by atoms with van der Waals surface area (Å²) in [6, 6.07) is 13.7.